The number of rotatable bonds is 6. The van der Waals surface area contributed by atoms with Crippen molar-refractivity contribution in [2.45, 2.75) is 38.7 Å². The molecule has 9 heteroatoms. The molecule has 162 valence electrons. The first-order valence-electron chi connectivity index (χ1n) is 9.48. The predicted molar refractivity (Wildman–Crippen MR) is 94.4 cm³/mol. The van der Waals surface area contributed by atoms with Gasteiger partial charge in [-0.1, -0.05) is 18.2 Å². The Balaban J connectivity index is 1.42. The number of benzene rings is 1. The van der Waals surface area contributed by atoms with Gasteiger partial charge in [0, 0.05) is 17.4 Å². The first kappa shape index (κ1) is 22.0. The Labute approximate surface area is 166 Å². The number of halogens is 4. The van der Waals surface area contributed by atoms with E-state index in [9.17, 15) is 17.6 Å². The molecule has 2 fully saturated rings. The van der Waals surface area contributed by atoms with E-state index >= 15 is 0 Å². The first-order valence-corrected chi connectivity index (χ1v) is 9.48. The summed E-state index contributed by atoms with van der Waals surface area (Å²) < 4.78 is 76.8. The minimum Gasteiger partial charge on any atom is -0.403 e. The van der Waals surface area contributed by atoms with Crippen LogP contribution in [0.5, 0.6) is 5.75 Å². The van der Waals surface area contributed by atoms with Crippen LogP contribution < -0.4 is 4.74 Å². The SMILES string of the molecule is C/C=C\C1COC(CCC2COC(c3ccc(OC(F)(F)F)c(F)c3)OC2)OC1. The van der Waals surface area contributed by atoms with Gasteiger partial charge >= 0.3 is 6.36 Å². The quantitative estimate of drug-likeness (QED) is 0.492. The maximum atomic E-state index is 13.8. The van der Waals surface area contributed by atoms with Crippen molar-refractivity contribution in [3.8, 4) is 5.75 Å². The summed E-state index contributed by atoms with van der Waals surface area (Å²) in [5.41, 5.74) is 0.296. The Morgan fingerprint density at radius 3 is 2.31 bits per heavy atom. The summed E-state index contributed by atoms with van der Waals surface area (Å²) in [5.74, 6) is -1.60. The second-order valence-electron chi connectivity index (χ2n) is 7.06. The first-order chi connectivity index (χ1) is 13.8. The summed E-state index contributed by atoms with van der Waals surface area (Å²) >= 11 is 0. The topological polar surface area (TPSA) is 46.2 Å². The summed E-state index contributed by atoms with van der Waals surface area (Å²) in [4.78, 5) is 0. The van der Waals surface area contributed by atoms with Crippen molar-refractivity contribution in [3.05, 3.63) is 41.7 Å². The number of alkyl halides is 3. The molecule has 2 aliphatic heterocycles. The summed E-state index contributed by atoms with van der Waals surface area (Å²) in [6, 6.07) is 3.13. The van der Waals surface area contributed by atoms with Crippen LogP contribution in [-0.2, 0) is 18.9 Å². The number of ether oxygens (including phenoxy) is 5. The fourth-order valence-electron chi connectivity index (χ4n) is 3.25. The maximum Gasteiger partial charge on any atom is 0.573 e. The number of hydrogen-bond donors (Lipinski definition) is 0. The molecule has 5 nitrogen and oxygen atoms in total. The van der Waals surface area contributed by atoms with Gasteiger partial charge in [-0.15, -0.1) is 13.2 Å². The van der Waals surface area contributed by atoms with E-state index in [0.717, 1.165) is 18.6 Å². The molecule has 0 spiro atoms. The van der Waals surface area contributed by atoms with Gasteiger partial charge in [0.25, 0.3) is 0 Å². The zero-order chi connectivity index (χ0) is 20.9. The molecule has 0 atom stereocenters. The van der Waals surface area contributed by atoms with Crippen molar-refractivity contribution in [2.24, 2.45) is 11.8 Å². The smallest absolute Gasteiger partial charge is 0.403 e. The summed E-state index contributed by atoms with van der Waals surface area (Å²) in [7, 11) is 0. The summed E-state index contributed by atoms with van der Waals surface area (Å²) in [6.45, 7) is 4.01. The molecule has 0 amide bonds. The van der Waals surface area contributed by atoms with E-state index in [2.05, 4.69) is 10.8 Å². The molecular weight excluding hydrogens is 396 g/mol. The third kappa shape index (κ3) is 6.67. The van der Waals surface area contributed by atoms with Crippen LogP contribution in [0.3, 0.4) is 0 Å². The normalized spacial score (nSPS) is 28.6. The fourth-order valence-corrected chi connectivity index (χ4v) is 3.25. The molecule has 0 unspecified atom stereocenters. The number of hydrogen-bond acceptors (Lipinski definition) is 5. The van der Waals surface area contributed by atoms with Gasteiger partial charge in [0.15, 0.2) is 24.1 Å². The lowest BCUT2D eigenvalue weighted by molar-refractivity contribution is -0.275. The van der Waals surface area contributed by atoms with Crippen LogP contribution >= 0.6 is 0 Å². The minimum atomic E-state index is -4.95. The molecule has 2 heterocycles. The molecule has 29 heavy (non-hydrogen) atoms. The fraction of sp³-hybridized carbons (Fsp3) is 0.600. The molecule has 0 N–H and O–H groups in total. The van der Waals surface area contributed by atoms with Gasteiger partial charge in [0.2, 0.25) is 0 Å². The minimum absolute atomic E-state index is 0.129. The summed E-state index contributed by atoms with van der Waals surface area (Å²) in [6.07, 6.45) is -0.500. The lowest BCUT2D eigenvalue weighted by Crippen LogP contribution is -2.33. The molecule has 1 aromatic rings. The van der Waals surface area contributed by atoms with Crippen molar-refractivity contribution in [1.29, 1.82) is 0 Å². The Kier molecular flexibility index (Phi) is 7.50. The maximum absolute atomic E-state index is 13.8. The van der Waals surface area contributed by atoms with Gasteiger partial charge in [-0.3, -0.25) is 0 Å². The van der Waals surface area contributed by atoms with E-state index in [1.807, 2.05) is 13.0 Å². The molecule has 0 aliphatic carbocycles. The third-order valence-electron chi connectivity index (χ3n) is 4.69. The largest absolute Gasteiger partial charge is 0.573 e. The highest BCUT2D eigenvalue weighted by atomic mass is 19.4. The van der Waals surface area contributed by atoms with Gasteiger partial charge < -0.3 is 23.7 Å². The van der Waals surface area contributed by atoms with E-state index in [1.54, 1.807) is 0 Å². The highest BCUT2D eigenvalue weighted by molar-refractivity contribution is 5.30. The van der Waals surface area contributed by atoms with Crippen LogP contribution in [0.1, 0.15) is 31.6 Å². The molecular formula is C20H24F4O5. The monoisotopic (exact) mass is 420 g/mol. The van der Waals surface area contributed by atoms with Gasteiger partial charge in [-0.05, 0) is 31.9 Å². The second kappa shape index (κ2) is 9.88. The van der Waals surface area contributed by atoms with Crippen LogP contribution in [0.25, 0.3) is 0 Å². The Bertz CT molecular complexity index is 678. The van der Waals surface area contributed by atoms with Crippen LogP contribution in [0.4, 0.5) is 17.6 Å². The zero-order valence-electron chi connectivity index (χ0n) is 16.0. The van der Waals surface area contributed by atoms with E-state index in [0.29, 0.717) is 38.4 Å². The van der Waals surface area contributed by atoms with E-state index < -0.39 is 24.2 Å². The van der Waals surface area contributed by atoms with Gasteiger partial charge in [0.1, 0.15) is 0 Å². The molecule has 0 saturated carbocycles. The Hall–Kier alpha value is -1.68. The zero-order valence-corrected chi connectivity index (χ0v) is 16.0. The highest BCUT2D eigenvalue weighted by Crippen LogP contribution is 2.32. The number of allylic oxidation sites excluding steroid dienone is 1. The molecule has 1 aromatic carbocycles. The summed E-state index contributed by atoms with van der Waals surface area (Å²) in [5, 5.41) is 0. The molecule has 0 radical (unpaired) electrons. The van der Waals surface area contributed by atoms with Gasteiger partial charge in [-0.2, -0.15) is 0 Å². The Morgan fingerprint density at radius 2 is 1.72 bits per heavy atom. The van der Waals surface area contributed by atoms with Gasteiger partial charge in [-0.25, -0.2) is 4.39 Å². The highest BCUT2D eigenvalue weighted by Gasteiger charge is 2.33. The van der Waals surface area contributed by atoms with Crippen LogP contribution in [0.15, 0.2) is 30.4 Å². The molecule has 0 aromatic heterocycles. The van der Waals surface area contributed by atoms with Crippen molar-refractivity contribution >= 4 is 0 Å². The molecule has 3 rings (SSSR count). The molecule has 0 bridgehead atoms. The molecule has 2 aliphatic rings. The average molecular weight is 420 g/mol. The van der Waals surface area contributed by atoms with Crippen molar-refractivity contribution in [1.82, 2.24) is 0 Å². The second-order valence-corrected chi connectivity index (χ2v) is 7.06. The van der Waals surface area contributed by atoms with Crippen molar-refractivity contribution in [3.63, 3.8) is 0 Å². The Morgan fingerprint density at radius 1 is 1.03 bits per heavy atom. The predicted octanol–water partition coefficient (Wildman–Crippen LogP) is 4.73. The third-order valence-corrected chi connectivity index (χ3v) is 4.69. The van der Waals surface area contributed by atoms with Crippen LogP contribution in [-0.4, -0.2) is 39.1 Å². The van der Waals surface area contributed by atoms with Crippen molar-refractivity contribution < 1.29 is 41.2 Å². The van der Waals surface area contributed by atoms with Crippen molar-refractivity contribution in [2.75, 3.05) is 26.4 Å². The van der Waals surface area contributed by atoms with E-state index in [4.69, 9.17) is 18.9 Å². The van der Waals surface area contributed by atoms with E-state index in [-0.39, 0.29) is 18.1 Å². The molecule has 2 saturated heterocycles. The van der Waals surface area contributed by atoms with Gasteiger partial charge in [0.05, 0.1) is 26.4 Å². The standard InChI is InChI=1S/C20H24F4O5/c1-2-3-13-9-25-18(26-10-13)7-4-14-11-27-19(28-12-14)15-5-6-17(16(21)8-15)29-20(22,23)24/h2-3,5-6,8,13-14,18-19H,4,7,9-12H2,1H3/b3-2-. The average Bonchev–Trinajstić information content (AvgIpc) is 2.69. The lowest BCUT2D eigenvalue weighted by Gasteiger charge is -2.32. The van der Waals surface area contributed by atoms with Crippen LogP contribution in [0, 0.1) is 17.7 Å². The van der Waals surface area contributed by atoms with Crippen LogP contribution in [0.2, 0.25) is 0 Å². The lowest BCUT2D eigenvalue weighted by atomic mass is 10.0. The van der Waals surface area contributed by atoms with E-state index in [1.165, 1.54) is 6.07 Å².